The summed E-state index contributed by atoms with van der Waals surface area (Å²) in [6.07, 6.45) is 0. The SMILES string of the molecule is NP.O=[N+]([O-])O. The summed E-state index contributed by atoms with van der Waals surface area (Å²) in [5.74, 6) is 0. The first-order valence-electron chi connectivity index (χ1n) is 0.898. The molecule has 1 atom stereocenters. The zero-order valence-corrected chi connectivity index (χ0v) is 4.02. The lowest BCUT2D eigenvalue weighted by molar-refractivity contribution is -0.742. The number of hydrogen-bond acceptors (Lipinski definition) is 3. The van der Waals surface area contributed by atoms with Crippen LogP contribution >= 0.6 is 9.39 Å². The molecule has 0 bridgehead atoms. The van der Waals surface area contributed by atoms with E-state index in [0.29, 0.717) is 0 Å². The van der Waals surface area contributed by atoms with Crippen molar-refractivity contribution < 1.29 is 10.3 Å². The van der Waals surface area contributed by atoms with Crippen LogP contribution in [0.15, 0.2) is 0 Å². The van der Waals surface area contributed by atoms with Crippen LogP contribution in [0.1, 0.15) is 0 Å². The molecule has 0 aromatic carbocycles. The third kappa shape index (κ3) is 143. The van der Waals surface area contributed by atoms with Crippen molar-refractivity contribution in [2.24, 2.45) is 5.50 Å². The molecule has 38 valence electrons. The molecule has 0 amide bonds. The quantitative estimate of drug-likeness (QED) is 0.248. The Morgan fingerprint density at radius 2 is 1.83 bits per heavy atom. The van der Waals surface area contributed by atoms with E-state index in [9.17, 15) is 0 Å². The van der Waals surface area contributed by atoms with Crippen molar-refractivity contribution in [3.05, 3.63) is 10.1 Å². The monoisotopic (exact) mass is 112 g/mol. The molecule has 6 heteroatoms. The Balaban J connectivity index is 0. The van der Waals surface area contributed by atoms with Crippen molar-refractivity contribution in [2.75, 3.05) is 0 Å². The number of rotatable bonds is 0. The van der Waals surface area contributed by atoms with Crippen LogP contribution in [-0.4, -0.2) is 10.3 Å². The van der Waals surface area contributed by atoms with Crippen LogP contribution in [-0.2, 0) is 0 Å². The minimum Gasteiger partial charge on any atom is -0.328 e. The highest BCUT2D eigenvalue weighted by Crippen LogP contribution is 1.38. The smallest absolute Gasteiger partial charge is 0.291 e. The minimum absolute atomic E-state index is 1.50. The predicted molar refractivity (Wildman–Crippen MR) is 22.7 cm³/mol. The highest BCUT2D eigenvalue weighted by atomic mass is 31.0. The Kier molecular flexibility index (Phi) is 13.4. The van der Waals surface area contributed by atoms with Gasteiger partial charge in [0.15, 0.2) is 0 Å². The average molecular weight is 112 g/mol. The molecule has 0 aliphatic heterocycles. The van der Waals surface area contributed by atoms with Gasteiger partial charge in [-0.25, -0.2) is 0 Å². The molecular weight excluding hydrogens is 107 g/mol. The Morgan fingerprint density at radius 3 is 1.83 bits per heavy atom. The van der Waals surface area contributed by atoms with Crippen molar-refractivity contribution in [1.82, 2.24) is 0 Å². The van der Waals surface area contributed by atoms with Crippen molar-refractivity contribution in [3.8, 4) is 0 Å². The van der Waals surface area contributed by atoms with Crippen LogP contribution in [0, 0.1) is 10.1 Å². The lowest BCUT2D eigenvalue weighted by Gasteiger charge is -1.56. The van der Waals surface area contributed by atoms with Gasteiger partial charge in [-0.05, 0) is 0 Å². The van der Waals surface area contributed by atoms with Gasteiger partial charge in [0.05, 0.1) is 0 Å². The van der Waals surface area contributed by atoms with E-state index in [1.165, 1.54) is 0 Å². The Morgan fingerprint density at radius 1 is 1.83 bits per heavy atom. The fraction of sp³-hybridized carbons (Fsp3) is 0. The standard InChI is InChI=1S/HNO3.H4NP/c2-1(3)4;1-2/h(H,2,3,4);1-2H2. The average Bonchev–Trinajstić information content (AvgIpc) is 1.41. The first-order chi connectivity index (χ1) is 2.73. The largest absolute Gasteiger partial charge is 0.328 e. The van der Waals surface area contributed by atoms with Crippen LogP contribution in [0.3, 0.4) is 0 Å². The predicted octanol–water partition coefficient (Wildman–Crippen LogP) is -0.613. The molecule has 0 aliphatic carbocycles. The van der Waals surface area contributed by atoms with E-state index in [4.69, 9.17) is 15.3 Å². The highest BCUT2D eigenvalue weighted by molar-refractivity contribution is 7.13. The normalized spacial score (nSPS) is 5.00. The molecule has 0 aromatic rings. The molecule has 3 N–H and O–H groups in total. The topological polar surface area (TPSA) is 89.4 Å². The van der Waals surface area contributed by atoms with E-state index in [0.717, 1.165) is 0 Å². The fourth-order valence-corrected chi connectivity index (χ4v) is 0. The van der Waals surface area contributed by atoms with Gasteiger partial charge in [0, 0.05) is 0 Å². The van der Waals surface area contributed by atoms with E-state index in [1.54, 1.807) is 0 Å². The molecule has 0 rings (SSSR count). The molecule has 0 fully saturated rings. The first-order valence-corrected chi connectivity index (χ1v) is 1.57. The summed E-state index contributed by atoms with van der Waals surface area (Å²) < 4.78 is 0. The number of nitrogens with two attached hydrogens (primary N) is 1. The van der Waals surface area contributed by atoms with Gasteiger partial charge in [-0.15, -0.1) is 10.1 Å². The van der Waals surface area contributed by atoms with Crippen LogP contribution in [0.5, 0.6) is 0 Å². The summed E-state index contributed by atoms with van der Waals surface area (Å²) in [5, 5.41) is 13.6. The van der Waals surface area contributed by atoms with Crippen LogP contribution in [0.2, 0.25) is 0 Å². The fourth-order valence-electron chi connectivity index (χ4n) is 0. The van der Waals surface area contributed by atoms with Gasteiger partial charge in [0.25, 0.3) is 5.09 Å². The summed E-state index contributed by atoms with van der Waals surface area (Å²) in [4.78, 5) is 8.36. The van der Waals surface area contributed by atoms with E-state index in [-0.39, 0.29) is 0 Å². The second-order valence-electron chi connectivity index (χ2n) is 0.238. The maximum atomic E-state index is 8.36. The number of nitrogens with zero attached hydrogens (tertiary/aromatic N) is 1. The molecule has 0 radical (unpaired) electrons. The Labute approximate surface area is 36.5 Å². The molecule has 0 heterocycles. The maximum Gasteiger partial charge on any atom is 0.291 e. The molecule has 0 saturated heterocycles. The molecule has 0 spiro atoms. The summed E-state index contributed by atoms with van der Waals surface area (Å²) in [5.41, 5.74) is 4.42. The van der Waals surface area contributed by atoms with Crippen molar-refractivity contribution in [1.29, 1.82) is 0 Å². The van der Waals surface area contributed by atoms with E-state index in [2.05, 4.69) is 5.50 Å². The molecule has 0 saturated carbocycles. The number of hydrogen-bond donors (Lipinski definition) is 2. The van der Waals surface area contributed by atoms with Gasteiger partial charge in [0.1, 0.15) is 0 Å². The molecule has 5 nitrogen and oxygen atoms in total. The Hall–Kier alpha value is -0.410. The van der Waals surface area contributed by atoms with Gasteiger partial charge < -0.3 is 10.7 Å². The molecule has 1 unspecified atom stereocenters. The second-order valence-corrected chi connectivity index (χ2v) is 0.238. The van der Waals surface area contributed by atoms with E-state index in [1.807, 2.05) is 9.39 Å². The zero-order chi connectivity index (χ0) is 5.58. The van der Waals surface area contributed by atoms with Crippen molar-refractivity contribution >= 4 is 9.39 Å². The van der Waals surface area contributed by atoms with Gasteiger partial charge in [-0.3, -0.25) is 0 Å². The van der Waals surface area contributed by atoms with Gasteiger partial charge in [-0.2, -0.15) is 0 Å². The first kappa shape index (κ1) is 9.14. The third-order valence-corrected chi connectivity index (χ3v) is 0. The van der Waals surface area contributed by atoms with Crippen molar-refractivity contribution in [2.45, 2.75) is 0 Å². The van der Waals surface area contributed by atoms with Crippen LogP contribution < -0.4 is 5.50 Å². The zero-order valence-electron chi connectivity index (χ0n) is 2.87. The van der Waals surface area contributed by atoms with Crippen molar-refractivity contribution in [3.63, 3.8) is 0 Å². The second kappa shape index (κ2) is 8.82. The van der Waals surface area contributed by atoms with E-state index < -0.39 is 5.09 Å². The summed E-state index contributed by atoms with van der Waals surface area (Å²) in [6, 6.07) is 0. The van der Waals surface area contributed by atoms with Gasteiger partial charge in [-0.1, -0.05) is 9.39 Å². The molecule has 0 aliphatic rings. The van der Waals surface area contributed by atoms with Crippen LogP contribution in [0.25, 0.3) is 0 Å². The summed E-state index contributed by atoms with van der Waals surface area (Å²) >= 11 is 0. The van der Waals surface area contributed by atoms with E-state index >= 15 is 0 Å². The molecule has 0 aromatic heterocycles. The highest BCUT2D eigenvalue weighted by Gasteiger charge is 1.65. The van der Waals surface area contributed by atoms with Gasteiger partial charge >= 0.3 is 0 Å². The van der Waals surface area contributed by atoms with Crippen LogP contribution in [0.4, 0.5) is 0 Å². The lowest BCUT2D eigenvalue weighted by Crippen LogP contribution is -1.81. The molecule has 6 heavy (non-hydrogen) atoms. The molecular formula is H5N2O3P. The maximum absolute atomic E-state index is 8.36. The lowest BCUT2D eigenvalue weighted by atomic mass is 13.1. The van der Waals surface area contributed by atoms with Gasteiger partial charge in [0.2, 0.25) is 0 Å². The summed E-state index contributed by atoms with van der Waals surface area (Å²) in [7, 11) is 1.92. The Bertz CT molecular complexity index is 31.8. The third-order valence-electron chi connectivity index (χ3n) is 0. The summed E-state index contributed by atoms with van der Waals surface area (Å²) in [6.45, 7) is 0. The minimum atomic E-state index is -1.50.